The maximum absolute atomic E-state index is 5.97. The molecule has 78 valence electrons. The molecule has 1 saturated heterocycles. The van der Waals surface area contributed by atoms with E-state index in [0.717, 1.165) is 12.8 Å². The van der Waals surface area contributed by atoms with Gasteiger partial charge in [-0.15, -0.1) is 0 Å². The molecular weight excluding hydrogens is 162 g/mol. The highest BCUT2D eigenvalue weighted by atomic mass is 15.3. The SMILES string of the molecule is CC[C@@H](N)CC1CN(C)CCN1C. The van der Waals surface area contributed by atoms with E-state index < -0.39 is 0 Å². The summed E-state index contributed by atoms with van der Waals surface area (Å²) in [7, 11) is 4.40. The van der Waals surface area contributed by atoms with Gasteiger partial charge in [-0.05, 0) is 26.9 Å². The Balaban J connectivity index is 2.37. The van der Waals surface area contributed by atoms with E-state index in [1.54, 1.807) is 0 Å². The molecular formula is C10H23N3. The van der Waals surface area contributed by atoms with Gasteiger partial charge in [-0.3, -0.25) is 0 Å². The molecule has 0 spiro atoms. The van der Waals surface area contributed by atoms with Crippen molar-refractivity contribution in [3.8, 4) is 0 Å². The smallest absolute Gasteiger partial charge is 0.0235 e. The summed E-state index contributed by atoms with van der Waals surface area (Å²) in [5, 5.41) is 0. The molecule has 3 nitrogen and oxygen atoms in total. The molecule has 0 radical (unpaired) electrons. The number of rotatable bonds is 3. The van der Waals surface area contributed by atoms with Gasteiger partial charge in [0, 0.05) is 31.7 Å². The summed E-state index contributed by atoms with van der Waals surface area (Å²) in [6, 6.07) is 1.03. The van der Waals surface area contributed by atoms with Crippen LogP contribution in [0, 0.1) is 0 Å². The van der Waals surface area contributed by atoms with Crippen LogP contribution < -0.4 is 5.73 Å². The van der Waals surface area contributed by atoms with Crippen LogP contribution in [0.3, 0.4) is 0 Å². The molecule has 13 heavy (non-hydrogen) atoms. The summed E-state index contributed by atoms with van der Waals surface area (Å²) in [5.41, 5.74) is 5.97. The molecule has 1 aliphatic heterocycles. The van der Waals surface area contributed by atoms with E-state index in [1.165, 1.54) is 19.6 Å². The Morgan fingerprint density at radius 3 is 2.69 bits per heavy atom. The normalized spacial score (nSPS) is 29.1. The van der Waals surface area contributed by atoms with Gasteiger partial charge in [-0.1, -0.05) is 6.92 Å². The molecule has 1 aliphatic rings. The quantitative estimate of drug-likeness (QED) is 0.689. The predicted molar refractivity (Wildman–Crippen MR) is 56.8 cm³/mol. The highest BCUT2D eigenvalue weighted by Gasteiger charge is 2.23. The largest absolute Gasteiger partial charge is 0.328 e. The van der Waals surface area contributed by atoms with Crippen molar-refractivity contribution in [1.82, 2.24) is 9.80 Å². The number of hydrogen-bond acceptors (Lipinski definition) is 3. The summed E-state index contributed by atoms with van der Waals surface area (Å²) in [6.45, 7) is 5.70. The fourth-order valence-electron chi connectivity index (χ4n) is 1.87. The molecule has 2 N–H and O–H groups in total. The van der Waals surface area contributed by atoms with Crippen molar-refractivity contribution in [2.45, 2.75) is 31.8 Å². The van der Waals surface area contributed by atoms with Gasteiger partial charge < -0.3 is 15.5 Å². The maximum Gasteiger partial charge on any atom is 0.0235 e. The second-order valence-corrected chi connectivity index (χ2v) is 4.30. The van der Waals surface area contributed by atoms with Crippen LogP contribution >= 0.6 is 0 Å². The number of nitrogens with zero attached hydrogens (tertiary/aromatic N) is 2. The van der Waals surface area contributed by atoms with E-state index in [0.29, 0.717) is 12.1 Å². The summed E-state index contributed by atoms with van der Waals surface area (Å²) in [4.78, 5) is 4.84. The van der Waals surface area contributed by atoms with Gasteiger partial charge in [0.2, 0.25) is 0 Å². The zero-order chi connectivity index (χ0) is 9.84. The topological polar surface area (TPSA) is 32.5 Å². The zero-order valence-electron chi connectivity index (χ0n) is 9.16. The third-order valence-corrected chi connectivity index (χ3v) is 3.08. The van der Waals surface area contributed by atoms with Crippen LogP contribution in [0.1, 0.15) is 19.8 Å². The highest BCUT2D eigenvalue weighted by Crippen LogP contribution is 2.11. The maximum atomic E-state index is 5.97. The number of nitrogens with two attached hydrogens (primary N) is 1. The summed E-state index contributed by atoms with van der Waals surface area (Å²) < 4.78 is 0. The molecule has 1 heterocycles. The minimum Gasteiger partial charge on any atom is -0.328 e. The molecule has 0 aromatic heterocycles. The van der Waals surface area contributed by atoms with Crippen molar-refractivity contribution in [3.63, 3.8) is 0 Å². The van der Waals surface area contributed by atoms with Crippen molar-refractivity contribution in [1.29, 1.82) is 0 Å². The van der Waals surface area contributed by atoms with Gasteiger partial charge in [0.1, 0.15) is 0 Å². The number of likely N-dealkylation sites (N-methyl/N-ethyl adjacent to an activating group) is 2. The lowest BCUT2D eigenvalue weighted by molar-refractivity contribution is 0.104. The Morgan fingerprint density at radius 2 is 2.08 bits per heavy atom. The predicted octanol–water partition coefficient (Wildman–Crippen LogP) is 0.360. The molecule has 0 saturated carbocycles. The zero-order valence-corrected chi connectivity index (χ0v) is 9.16. The van der Waals surface area contributed by atoms with Crippen LogP contribution in [-0.2, 0) is 0 Å². The lowest BCUT2D eigenvalue weighted by atomic mass is 10.0. The first-order valence-electron chi connectivity index (χ1n) is 5.27. The van der Waals surface area contributed by atoms with Crippen LogP contribution in [0.4, 0.5) is 0 Å². The number of piperazine rings is 1. The second-order valence-electron chi connectivity index (χ2n) is 4.30. The molecule has 0 amide bonds. The van der Waals surface area contributed by atoms with Crippen LogP contribution in [0.25, 0.3) is 0 Å². The summed E-state index contributed by atoms with van der Waals surface area (Å²) in [5.74, 6) is 0. The Morgan fingerprint density at radius 1 is 1.38 bits per heavy atom. The average Bonchev–Trinajstić information content (AvgIpc) is 2.11. The Hall–Kier alpha value is -0.120. The van der Waals surface area contributed by atoms with E-state index in [2.05, 4.69) is 30.8 Å². The minimum atomic E-state index is 0.374. The molecule has 1 unspecified atom stereocenters. The molecule has 0 aromatic carbocycles. The van der Waals surface area contributed by atoms with Gasteiger partial charge in [0.05, 0.1) is 0 Å². The van der Waals surface area contributed by atoms with Gasteiger partial charge in [0.15, 0.2) is 0 Å². The monoisotopic (exact) mass is 185 g/mol. The Kier molecular flexibility index (Phi) is 4.16. The molecule has 0 aromatic rings. The molecule has 3 heteroatoms. The lowest BCUT2D eigenvalue weighted by Crippen LogP contribution is -2.51. The van der Waals surface area contributed by atoms with Crippen molar-refractivity contribution < 1.29 is 0 Å². The van der Waals surface area contributed by atoms with Crippen LogP contribution in [0.5, 0.6) is 0 Å². The third-order valence-electron chi connectivity index (χ3n) is 3.08. The number of hydrogen-bond donors (Lipinski definition) is 1. The van der Waals surface area contributed by atoms with Crippen molar-refractivity contribution in [3.05, 3.63) is 0 Å². The Bertz CT molecular complexity index is 149. The highest BCUT2D eigenvalue weighted by molar-refractivity contribution is 4.81. The molecule has 2 atom stereocenters. The van der Waals surface area contributed by atoms with Crippen LogP contribution in [0.15, 0.2) is 0 Å². The summed E-state index contributed by atoms with van der Waals surface area (Å²) in [6.07, 6.45) is 2.23. The van der Waals surface area contributed by atoms with Crippen molar-refractivity contribution >= 4 is 0 Å². The fourth-order valence-corrected chi connectivity index (χ4v) is 1.87. The van der Waals surface area contributed by atoms with E-state index in [1.807, 2.05) is 0 Å². The van der Waals surface area contributed by atoms with Crippen molar-refractivity contribution in [2.24, 2.45) is 5.73 Å². The summed E-state index contributed by atoms with van der Waals surface area (Å²) >= 11 is 0. The molecule has 1 rings (SSSR count). The fraction of sp³-hybridized carbons (Fsp3) is 1.00. The van der Waals surface area contributed by atoms with Crippen LogP contribution in [-0.4, -0.2) is 55.6 Å². The van der Waals surface area contributed by atoms with E-state index >= 15 is 0 Å². The molecule has 0 bridgehead atoms. The lowest BCUT2D eigenvalue weighted by Gasteiger charge is -2.38. The second kappa shape index (κ2) is 4.94. The first-order chi connectivity index (χ1) is 6.13. The van der Waals surface area contributed by atoms with E-state index in [9.17, 15) is 0 Å². The standard InChI is InChI=1S/C10H23N3/c1-4-9(11)7-10-8-12(2)5-6-13(10)3/h9-10H,4-8,11H2,1-3H3/t9-,10?/m1/s1. The first-order valence-corrected chi connectivity index (χ1v) is 5.27. The van der Waals surface area contributed by atoms with Gasteiger partial charge in [0.25, 0.3) is 0 Å². The Labute approximate surface area is 81.9 Å². The van der Waals surface area contributed by atoms with Gasteiger partial charge in [-0.25, -0.2) is 0 Å². The van der Waals surface area contributed by atoms with Gasteiger partial charge >= 0.3 is 0 Å². The van der Waals surface area contributed by atoms with E-state index in [-0.39, 0.29) is 0 Å². The molecule has 0 aliphatic carbocycles. The van der Waals surface area contributed by atoms with E-state index in [4.69, 9.17) is 5.73 Å². The third kappa shape index (κ3) is 3.25. The minimum absolute atomic E-state index is 0.374. The average molecular weight is 185 g/mol. The first kappa shape index (κ1) is 11.0. The molecule has 1 fully saturated rings. The van der Waals surface area contributed by atoms with Gasteiger partial charge in [-0.2, -0.15) is 0 Å². The van der Waals surface area contributed by atoms with Crippen molar-refractivity contribution in [2.75, 3.05) is 33.7 Å². The van der Waals surface area contributed by atoms with Crippen LogP contribution in [0.2, 0.25) is 0 Å².